The molecule has 0 aliphatic carbocycles. The number of rotatable bonds is 6. The van der Waals surface area contributed by atoms with Crippen LogP contribution in [0.4, 0.5) is 0 Å². The third-order valence-electron chi connectivity index (χ3n) is 5.72. The van der Waals surface area contributed by atoms with Gasteiger partial charge >= 0.3 is 5.97 Å². The number of carbonyl (C=O) groups excluding carboxylic acids is 1. The van der Waals surface area contributed by atoms with E-state index in [4.69, 9.17) is 14.2 Å². The molecule has 5 nitrogen and oxygen atoms in total. The van der Waals surface area contributed by atoms with Crippen molar-refractivity contribution in [2.45, 2.75) is 38.2 Å². The molecule has 0 amide bonds. The fourth-order valence-corrected chi connectivity index (χ4v) is 3.99. The summed E-state index contributed by atoms with van der Waals surface area (Å²) >= 11 is 0. The van der Waals surface area contributed by atoms with Crippen LogP contribution in [0.25, 0.3) is 0 Å². The molecule has 0 spiro atoms. The van der Waals surface area contributed by atoms with Gasteiger partial charge in [0.2, 0.25) is 6.79 Å². The van der Waals surface area contributed by atoms with Crippen LogP contribution in [0.2, 0.25) is 0 Å². The standard InChI is InChI=1S/C23H27NO4/c1-2-22(25)28-23(19-8-9-20-21(16-19)27-17-26-20)11-14-24(15-12-23)13-10-18-6-4-3-5-7-18/h3-9,16H,2,10-15,17H2,1H3. The molecular weight excluding hydrogens is 354 g/mol. The molecule has 0 bridgehead atoms. The van der Waals surface area contributed by atoms with Crippen LogP contribution in [0, 0.1) is 0 Å². The van der Waals surface area contributed by atoms with Gasteiger partial charge < -0.3 is 19.1 Å². The lowest BCUT2D eigenvalue weighted by Crippen LogP contribution is -2.45. The zero-order valence-electron chi connectivity index (χ0n) is 16.4. The van der Waals surface area contributed by atoms with Crippen LogP contribution in [0.15, 0.2) is 48.5 Å². The van der Waals surface area contributed by atoms with Gasteiger partial charge in [0.1, 0.15) is 5.60 Å². The first-order chi connectivity index (χ1) is 13.7. The molecule has 1 saturated heterocycles. The van der Waals surface area contributed by atoms with E-state index in [1.165, 1.54) is 5.56 Å². The van der Waals surface area contributed by atoms with Crippen molar-refractivity contribution in [3.8, 4) is 11.5 Å². The topological polar surface area (TPSA) is 48.0 Å². The predicted octanol–water partition coefficient (Wildman–Crippen LogP) is 3.90. The van der Waals surface area contributed by atoms with E-state index >= 15 is 0 Å². The molecule has 2 aliphatic rings. The van der Waals surface area contributed by atoms with Crippen molar-refractivity contribution in [2.75, 3.05) is 26.4 Å². The minimum atomic E-state index is -0.586. The quantitative estimate of drug-likeness (QED) is 0.710. The Morgan fingerprint density at radius 2 is 1.82 bits per heavy atom. The molecule has 2 heterocycles. The molecule has 0 saturated carbocycles. The number of piperidine rings is 1. The van der Waals surface area contributed by atoms with E-state index in [0.717, 1.165) is 56.0 Å². The second-order valence-electron chi connectivity index (χ2n) is 7.47. The number of likely N-dealkylation sites (tertiary alicyclic amines) is 1. The summed E-state index contributed by atoms with van der Waals surface area (Å²) in [5.74, 6) is 1.33. The van der Waals surface area contributed by atoms with Gasteiger partial charge in [0, 0.05) is 38.9 Å². The van der Waals surface area contributed by atoms with Crippen molar-refractivity contribution in [2.24, 2.45) is 0 Å². The van der Waals surface area contributed by atoms with E-state index in [-0.39, 0.29) is 12.8 Å². The average molecular weight is 381 g/mol. The van der Waals surface area contributed by atoms with Crippen molar-refractivity contribution >= 4 is 5.97 Å². The molecule has 0 atom stereocenters. The van der Waals surface area contributed by atoms with E-state index in [9.17, 15) is 4.79 Å². The lowest BCUT2D eigenvalue weighted by atomic mass is 9.83. The number of nitrogens with zero attached hydrogens (tertiary/aromatic N) is 1. The zero-order valence-corrected chi connectivity index (χ0v) is 16.4. The van der Waals surface area contributed by atoms with Gasteiger partial charge in [0.15, 0.2) is 11.5 Å². The smallest absolute Gasteiger partial charge is 0.306 e. The highest BCUT2D eigenvalue weighted by atomic mass is 16.7. The first-order valence-corrected chi connectivity index (χ1v) is 10.1. The highest BCUT2D eigenvalue weighted by Crippen LogP contribution is 2.42. The molecule has 0 aromatic heterocycles. The van der Waals surface area contributed by atoms with Crippen molar-refractivity contribution < 1.29 is 19.0 Å². The van der Waals surface area contributed by atoms with Gasteiger partial charge in [-0.2, -0.15) is 0 Å². The van der Waals surface area contributed by atoms with Crippen molar-refractivity contribution in [1.29, 1.82) is 0 Å². The van der Waals surface area contributed by atoms with E-state index < -0.39 is 5.60 Å². The maximum absolute atomic E-state index is 12.2. The second-order valence-corrected chi connectivity index (χ2v) is 7.47. The van der Waals surface area contributed by atoms with Gasteiger partial charge in [-0.3, -0.25) is 4.79 Å². The van der Waals surface area contributed by atoms with Crippen molar-refractivity contribution in [1.82, 2.24) is 4.90 Å². The first-order valence-electron chi connectivity index (χ1n) is 10.1. The zero-order chi connectivity index (χ0) is 19.4. The summed E-state index contributed by atoms with van der Waals surface area (Å²) in [6, 6.07) is 16.5. The molecule has 0 radical (unpaired) electrons. The number of ether oxygens (including phenoxy) is 3. The van der Waals surface area contributed by atoms with Gasteiger partial charge in [-0.25, -0.2) is 0 Å². The maximum atomic E-state index is 12.2. The van der Waals surface area contributed by atoms with E-state index in [1.54, 1.807) is 0 Å². The molecule has 28 heavy (non-hydrogen) atoms. The summed E-state index contributed by atoms with van der Waals surface area (Å²) < 4.78 is 17.0. The van der Waals surface area contributed by atoms with Gasteiger partial charge in [0.05, 0.1) is 0 Å². The van der Waals surface area contributed by atoms with Crippen LogP contribution in [0.3, 0.4) is 0 Å². The van der Waals surface area contributed by atoms with Crippen molar-refractivity contribution in [3.05, 3.63) is 59.7 Å². The Hall–Kier alpha value is -2.53. The third kappa shape index (κ3) is 3.99. The summed E-state index contributed by atoms with van der Waals surface area (Å²) in [4.78, 5) is 14.6. The molecule has 0 unspecified atom stereocenters. The van der Waals surface area contributed by atoms with Gasteiger partial charge in [-0.05, 0) is 29.7 Å². The van der Waals surface area contributed by atoms with Gasteiger partial charge in [0.25, 0.3) is 0 Å². The molecule has 5 heteroatoms. The SMILES string of the molecule is CCC(=O)OC1(c2ccc3c(c2)OCO3)CCN(CCc2ccccc2)CC1. The first kappa shape index (κ1) is 18.8. The average Bonchev–Trinajstić information content (AvgIpc) is 3.22. The Labute approximate surface area is 166 Å². The Morgan fingerprint density at radius 3 is 2.57 bits per heavy atom. The summed E-state index contributed by atoms with van der Waals surface area (Å²) in [6.45, 7) is 4.90. The molecule has 2 aliphatic heterocycles. The van der Waals surface area contributed by atoms with E-state index in [1.807, 2.05) is 31.2 Å². The minimum Gasteiger partial charge on any atom is -0.454 e. The minimum absolute atomic E-state index is 0.157. The largest absolute Gasteiger partial charge is 0.454 e. The molecule has 148 valence electrons. The van der Waals surface area contributed by atoms with Crippen molar-refractivity contribution in [3.63, 3.8) is 0 Å². The Morgan fingerprint density at radius 1 is 1.07 bits per heavy atom. The number of esters is 1. The number of fused-ring (bicyclic) bond motifs is 1. The molecule has 1 fully saturated rings. The molecular formula is C23H27NO4. The number of carbonyl (C=O) groups is 1. The fourth-order valence-electron chi connectivity index (χ4n) is 3.99. The molecule has 2 aromatic rings. The number of benzene rings is 2. The fraction of sp³-hybridized carbons (Fsp3) is 0.435. The van der Waals surface area contributed by atoms with Crippen LogP contribution in [-0.4, -0.2) is 37.3 Å². The van der Waals surface area contributed by atoms with Crippen LogP contribution in [0.5, 0.6) is 11.5 Å². The van der Waals surface area contributed by atoms with Gasteiger partial charge in [-0.1, -0.05) is 43.3 Å². The van der Waals surface area contributed by atoms with E-state index in [2.05, 4.69) is 29.2 Å². The highest BCUT2D eigenvalue weighted by molar-refractivity contribution is 5.69. The Kier molecular flexibility index (Phi) is 5.53. The summed E-state index contributed by atoms with van der Waals surface area (Å²) in [5, 5.41) is 0. The van der Waals surface area contributed by atoms with Crippen LogP contribution >= 0.6 is 0 Å². The second kappa shape index (κ2) is 8.23. The third-order valence-corrected chi connectivity index (χ3v) is 5.72. The Balaban J connectivity index is 1.46. The summed E-state index contributed by atoms with van der Waals surface area (Å²) in [7, 11) is 0. The molecule has 0 N–H and O–H groups in total. The summed E-state index contributed by atoms with van der Waals surface area (Å²) in [6.07, 6.45) is 2.98. The Bertz CT molecular complexity index is 813. The van der Waals surface area contributed by atoms with Crippen LogP contribution in [0.1, 0.15) is 37.3 Å². The van der Waals surface area contributed by atoms with Crippen LogP contribution in [-0.2, 0) is 21.6 Å². The predicted molar refractivity (Wildman–Crippen MR) is 106 cm³/mol. The highest BCUT2D eigenvalue weighted by Gasteiger charge is 2.40. The summed E-state index contributed by atoms with van der Waals surface area (Å²) in [5.41, 5.74) is 1.77. The van der Waals surface area contributed by atoms with Crippen LogP contribution < -0.4 is 9.47 Å². The normalized spacial score (nSPS) is 18.0. The van der Waals surface area contributed by atoms with Gasteiger partial charge in [-0.15, -0.1) is 0 Å². The molecule has 4 rings (SSSR count). The molecule has 2 aromatic carbocycles. The maximum Gasteiger partial charge on any atom is 0.306 e. The number of hydrogen-bond acceptors (Lipinski definition) is 5. The lowest BCUT2D eigenvalue weighted by Gasteiger charge is -2.41. The number of hydrogen-bond donors (Lipinski definition) is 0. The monoisotopic (exact) mass is 381 g/mol. The lowest BCUT2D eigenvalue weighted by molar-refractivity contribution is -0.166. The van der Waals surface area contributed by atoms with E-state index in [0.29, 0.717) is 6.42 Å².